The van der Waals surface area contributed by atoms with Crippen LogP contribution in [0.4, 0.5) is 17.6 Å². The van der Waals surface area contributed by atoms with E-state index >= 15 is 0 Å². The van der Waals surface area contributed by atoms with Crippen LogP contribution >= 0.6 is 11.6 Å². The van der Waals surface area contributed by atoms with Crippen LogP contribution in [0.25, 0.3) is 22.5 Å². The van der Waals surface area contributed by atoms with Gasteiger partial charge >= 0.3 is 0 Å². The minimum absolute atomic E-state index is 0.0731. The lowest BCUT2D eigenvalue weighted by molar-refractivity contribution is 0.424. The first-order valence-electron chi connectivity index (χ1n) is 10.5. The second-order valence-electron chi connectivity index (χ2n) is 8.19. The number of nitrogens with one attached hydrogen (secondary N) is 1. The molecule has 7 nitrogen and oxygen atoms in total. The Balaban J connectivity index is 1.41. The summed E-state index contributed by atoms with van der Waals surface area (Å²) in [6.07, 6.45) is 2.77. The number of H-pyrrole nitrogens is 1. The van der Waals surface area contributed by atoms with E-state index in [9.17, 15) is 26.0 Å². The van der Waals surface area contributed by atoms with Gasteiger partial charge in [0.1, 0.15) is 22.5 Å². The number of aromatic amines is 1. The van der Waals surface area contributed by atoms with E-state index in [4.69, 9.17) is 16.3 Å². The summed E-state index contributed by atoms with van der Waals surface area (Å²) < 4.78 is 86.7. The normalized spacial score (nSPS) is 13.7. The van der Waals surface area contributed by atoms with Crippen LogP contribution < -0.4 is 4.74 Å². The number of hydrogen-bond acceptors (Lipinski definition) is 6. The maximum absolute atomic E-state index is 15.0. The zero-order valence-corrected chi connectivity index (χ0v) is 19.7. The lowest BCUT2D eigenvalue weighted by Gasteiger charge is -2.10. The van der Waals surface area contributed by atoms with Gasteiger partial charge in [-0.05, 0) is 49.1 Å². The summed E-state index contributed by atoms with van der Waals surface area (Å²) in [5.74, 6) is -4.45. The molecule has 186 valence electrons. The minimum Gasteiger partial charge on any atom is -0.434 e. The molecule has 0 amide bonds. The fourth-order valence-electron chi connectivity index (χ4n) is 3.43. The fourth-order valence-corrected chi connectivity index (χ4v) is 5.16. The van der Waals surface area contributed by atoms with Crippen LogP contribution in [0.1, 0.15) is 12.8 Å². The molecule has 2 aromatic carbocycles. The van der Waals surface area contributed by atoms with Gasteiger partial charge < -0.3 is 4.74 Å². The molecule has 1 fully saturated rings. The Morgan fingerprint density at radius 2 is 1.72 bits per heavy atom. The van der Waals surface area contributed by atoms with E-state index in [1.54, 1.807) is 0 Å². The summed E-state index contributed by atoms with van der Waals surface area (Å²) in [6.45, 7) is 0. The highest BCUT2D eigenvalue weighted by atomic mass is 35.5. The summed E-state index contributed by atoms with van der Waals surface area (Å²) in [7, 11) is -3.72. The van der Waals surface area contributed by atoms with Crippen molar-refractivity contribution in [3.8, 4) is 34.1 Å². The number of hydrogen-bond donors (Lipinski definition) is 1. The topological polar surface area (TPSA) is 97.8 Å². The Morgan fingerprint density at radius 3 is 2.42 bits per heavy atom. The van der Waals surface area contributed by atoms with Crippen molar-refractivity contribution in [1.29, 1.82) is 0 Å². The van der Waals surface area contributed by atoms with Gasteiger partial charge in [0.15, 0.2) is 17.4 Å². The van der Waals surface area contributed by atoms with Gasteiger partial charge in [0.25, 0.3) is 0 Å². The third-order valence-corrected chi connectivity index (χ3v) is 7.38. The van der Waals surface area contributed by atoms with E-state index in [2.05, 4.69) is 20.2 Å². The number of sulfone groups is 1. The zero-order chi connectivity index (χ0) is 25.6. The van der Waals surface area contributed by atoms with Crippen molar-refractivity contribution in [3.63, 3.8) is 0 Å². The van der Waals surface area contributed by atoms with Crippen LogP contribution in [-0.4, -0.2) is 34.3 Å². The molecule has 1 aliphatic carbocycles. The molecule has 13 heteroatoms. The molecule has 4 aromatic rings. The largest absolute Gasteiger partial charge is 0.434 e. The minimum atomic E-state index is -3.72. The molecule has 0 saturated heterocycles. The summed E-state index contributed by atoms with van der Waals surface area (Å²) in [4.78, 5) is 7.77. The highest BCUT2D eigenvalue weighted by molar-refractivity contribution is 7.91. The molecule has 0 bridgehead atoms. The molecule has 2 heterocycles. The summed E-state index contributed by atoms with van der Waals surface area (Å²) in [5.41, 5.74) is -0.467. The third-order valence-electron chi connectivity index (χ3n) is 5.43. The molecular weight excluding hydrogens is 524 g/mol. The van der Waals surface area contributed by atoms with Crippen LogP contribution in [0.2, 0.25) is 5.02 Å². The van der Waals surface area contributed by atoms with E-state index in [1.165, 1.54) is 6.07 Å². The van der Waals surface area contributed by atoms with Crippen LogP contribution in [0, 0.1) is 29.2 Å². The SMILES string of the molecule is O=S(=O)(CC1CC1)c1nc(-c2cc(F)c(-c3cnc(Oc4ccc(F)cc4F)c(Cl)c3)cc2F)n[nH]1. The van der Waals surface area contributed by atoms with Crippen LogP contribution in [0.15, 0.2) is 47.8 Å². The molecule has 36 heavy (non-hydrogen) atoms. The van der Waals surface area contributed by atoms with E-state index in [0.717, 1.165) is 43.3 Å². The predicted octanol–water partition coefficient (Wildman–Crippen LogP) is 5.72. The van der Waals surface area contributed by atoms with Crippen LogP contribution in [0.5, 0.6) is 11.6 Å². The summed E-state index contributed by atoms with van der Waals surface area (Å²) in [5, 5.41) is 5.48. The van der Waals surface area contributed by atoms with Gasteiger partial charge in [0, 0.05) is 23.4 Å². The average molecular weight is 539 g/mol. The molecule has 1 saturated carbocycles. The first kappa shape index (κ1) is 24.2. The first-order valence-corrected chi connectivity index (χ1v) is 12.6. The van der Waals surface area contributed by atoms with Crippen molar-refractivity contribution in [3.05, 3.63) is 70.9 Å². The number of ether oxygens (including phenoxy) is 1. The number of halogens is 5. The smallest absolute Gasteiger partial charge is 0.243 e. The van der Waals surface area contributed by atoms with Crippen molar-refractivity contribution < 1.29 is 30.7 Å². The number of rotatable bonds is 7. The molecule has 0 unspecified atom stereocenters. The van der Waals surface area contributed by atoms with Gasteiger partial charge in [-0.3, -0.25) is 0 Å². The Labute approximate surface area is 207 Å². The van der Waals surface area contributed by atoms with Gasteiger partial charge in [-0.1, -0.05) is 11.6 Å². The second-order valence-corrected chi connectivity index (χ2v) is 10.5. The van der Waals surface area contributed by atoms with Crippen molar-refractivity contribution in [2.45, 2.75) is 18.0 Å². The average Bonchev–Trinajstić information content (AvgIpc) is 3.47. The molecule has 1 aliphatic rings. The van der Waals surface area contributed by atoms with E-state index in [-0.39, 0.29) is 50.8 Å². The maximum Gasteiger partial charge on any atom is 0.243 e. The highest BCUT2D eigenvalue weighted by Gasteiger charge is 2.31. The standard InChI is InChI=1S/C23H15ClF4N4O3S/c24-16-5-12(9-29-22(16)35-20-4-3-13(25)6-19(20)28)14-7-18(27)15(8-17(14)26)21-30-23(32-31-21)36(33,34)10-11-1-2-11/h3-9,11H,1-2,10H2,(H,30,31,32). The lowest BCUT2D eigenvalue weighted by Crippen LogP contribution is -2.10. The lowest BCUT2D eigenvalue weighted by atomic mass is 10.0. The quantitative estimate of drug-likeness (QED) is 0.302. The summed E-state index contributed by atoms with van der Waals surface area (Å²) in [6, 6.07) is 5.59. The van der Waals surface area contributed by atoms with Crippen molar-refractivity contribution in [1.82, 2.24) is 20.2 Å². The number of benzene rings is 2. The van der Waals surface area contributed by atoms with Crippen LogP contribution in [-0.2, 0) is 9.84 Å². The van der Waals surface area contributed by atoms with Gasteiger partial charge in [-0.15, -0.1) is 0 Å². The zero-order valence-electron chi connectivity index (χ0n) is 18.1. The number of pyridine rings is 1. The first-order chi connectivity index (χ1) is 17.1. The van der Waals surface area contributed by atoms with E-state index < -0.39 is 38.3 Å². The van der Waals surface area contributed by atoms with E-state index in [1.807, 2.05) is 0 Å². The Bertz CT molecular complexity index is 1590. The Morgan fingerprint density at radius 1 is 1.00 bits per heavy atom. The summed E-state index contributed by atoms with van der Waals surface area (Å²) >= 11 is 6.14. The van der Waals surface area contributed by atoms with Crippen LogP contribution in [0.3, 0.4) is 0 Å². The molecule has 5 rings (SSSR count). The van der Waals surface area contributed by atoms with Gasteiger partial charge in [0.2, 0.25) is 20.9 Å². The predicted molar refractivity (Wildman–Crippen MR) is 121 cm³/mol. The highest BCUT2D eigenvalue weighted by Crippen LogP contribution is 2.35. The monoisotopic (exact) mass is 538 g/mol. The van der Waals surface area contributed by atoms with Gasteiger partial charge in [-0.25, -0.2) is 36.1 Å². The molecule has 0 atom stereocenters. The van der Waals surface area contributed by atoms with E-state index in [0.29, 0.717) is 6.07 Å². The fraction of sp³-hybridized carbons (Fsp3) is 0.174. The second kappa shape index (κ2) is 9.17. The Hall–Kier alpha value is -3.51. The van der Waals surface area contributed by atoms with Crippen molar-refractivity contribution in [2.24, 2.45) is 5.92 Å². The van der Waals surface area contributed by atoms with Gasteiger partial charge in [-0.2, -0.15) is 10.1 Å². The third kappa shape index (κ3) is 4.91. The maximum atomic E-state index is 15.0. The van der Waals surface area contributed by atoms with Crippen molar-refractivity contribution >= 4 is 21.4 Å². The number of aromatic nitrogens is 4. The molecule has 0 radical (unpaired) electrons. The molecule has 0 aliphatic heterocycles. The van der Waals surface area contributed by atoms with Crippen molar-refractivity contribution in [2.75, 3.05) is 5.75 Å². The Kier molecular flexibility index (Phi) is 6.17. The molecule has 2 aromatic heterocycles. The van der Waals surface area contributed by atoms with Gasteiger partial charge in [0.05, 0.1) is 11.3 Å². The number of nitrogens with zero attached hydrogens (tertiary/aromatic N) is 3. The molecule has 0 spiro atoms. The molecule has 1 N–H and O–H groups in total. The molecular formula is C23H15ClF4N4O3S.